The molecule has 3 nitrogen and oxygen atoms in total. The van der Waals surface area contributed by atoms with Gasteiger partial charge in [-0.3, -0.25) is 9.98 Å². The Bertz CT molecular complexity index is 1600. The molecule has 0 N–H and O–H groups in total. The minimum absolute atomic E-state index is 0.0813. The summed E-state index contributed by atoms with van der Waals surface area (Å²) in [5.41, 5.74) is 10.6. The minimum Gasteiger partial charge on any atom is -0.456 e. The van der Waals surface area contributed by atoms with E-state index in [1.807, 2.05) is 24.3 Å². The van der Waals surface area contributed by atoms with Crippen LogP contribution in [0.2, 0.25) is 0 Å². The van der Waals surface area contributed by atoms with Crippen LogP contribution >= 0.6 is 0 Å². The van der Waals surface area contributed by atoms with Crippen molar-refractivity contribution in [1.82, 2.24) is 0 Å². The van der Waals surface area contributed by atoms with Gasteiger partial charge in [-0.05, 0) is 60.7 Å². The van der Waals surface area contributed by atoms with Crippen LogP contribution in [0.5, 0.6) is 0 Å². The Balaban J connectivity index is 1.56. The van der Waals surface area contributed by atoms with Crippen LogP contribution in [-0.2, 0) is 6.42 Å². The van der Waals surface area contributed by atoms with Crippen molar-refractivity contribution in [2.45, 2.75) is 38.1 Å². The van der Waals surface area contributed by atoms with Gasteiger partial charge in [0.15, 0.2) is 0 Å². The summed E-state index contributed by atoms with van der Waals surface area (Å²) in [5.74, 6) is 0.284. The second kappa shape index (κ2) is 8.35. The second-order valence-corrected chi connectivity index (χ2v) is 9.50. The van der Waals surface area contributed by atoms with Gasteiger partial charge in [0.2, 0.25) is 0 Å². The number of aliphatic imine (C=N–C) groups is 2. The van der Waals surface area contributed by atoms with E-state index in [-0.39, 0.29) is 12.0 Å². The van der Waals surface area contributed by atoms with E-state index >= 15 is 0 Å². The van der Waals surface area contributed by atoms with Crippen molar-refractivity contribution in [2.75, 3.05) is 0 Å². The smallest absolute Gasteiger partial charge is 0.136 e. The molecule has 1 aromatic heterocycles. The van der Waals surface area contributed by atoms with Gasteiger partial charge in [0.1, 0.15) is 11.2 Å². The molecule has 0 saturated heterocycles. The number of allylic oxidation sites excluding steroid dienone is 2. The van der Waals surface area contributed by atoms with Crippen molar-refractivity contribution in [3.05, 3.63) is 120 Å². The number of rotatable bonds is 2. The average Bonchev–Trinajstić information content (AvgIpc) is 3.25. The highest BCUT2D eigenvalue weighted by Gasteiger charge is 2.32. The lowest BCUT2D eigenvalue weighted by Crippen LogP contribution is -2.27. The molecule has 0 fully saturated rings. The first kappa shape index (κ1) is 21.5. The minimum atomic E-state index is 0.0813. The maximum Gasteiger partial charge on any atom is 0.136 e. The fourth-order valence-corrected chi connectivity index (χ4v) is 5.97. The van der Waals surface area contributed by atoms with Crippen LogP contribution in [0.25, 0.3) is 21.9 Å². The molecule has 6 rings (SSSR count). The molecule has 0 aliphatic carbocycles. The van der Waals surface area contributed by atoms with E-state index in [2.05, 4.69) is 69.1 Å². The summed E-state index contributed by atoms with van der Waals surface area (Å²) in [6.45, 7) is 14.7. The van der Waals surface area contributed by atoms with Crippen molar-refractivity contribution >= 4 is 33.4 Å². The molecule has 0 radical (unpaired) electrons. The summed E-state index contributed by atoms with van der Waals surface area (Å²) in [4.78, 5) is 10.1. The number of aryl methyl sites for hydroxylation is 2. The number of fused-ring (bicyclic) bond motifs is 7. The largest absolute Gasteiger partial charge is 0.456 e. The zero-order valence-electron chi connectivity index (χ0n) is 20.1. The Labute approximate surface area is 205 Å². The third-order valence-electron chi connectivity index (χ3n) is 7.50. The van der Waals surface area contributed by atoms with E-state index in [0.29, 0.717) is 6.42 Å². The lowest BCUT2D eigenvalue weighted by atomic mass is 9.78. The number of furan rings is 1. The van der Waals surface area contributed by atoms with Crippen LogP contribution in [0, 0.1) is 6.92 Å². The summed E-state index contributed by atoms with van der Waals surface area (Å²) >= 11 is 0. The summed E-state index contributed by atoms with van der Waals surface area (Å²) in [6.07, 6.45) is 6.31. The molecule has 0 amide bonds. The second-order valence-electron chi connectivity index (χ2n) is 9.50. The molecular weight excluding hydrogens is 428 g/mol. The maximum absolute atomic E-state index is 6.29. The van der Waals surface area contributed by atoms with Crippen LogP contribution in [0.1, 0.15) is 46.6 Å². The van der Waals surface area contributed by atoms with Crippen LogP contribution in [0.15, 0.2) is 107 Å². The topological polar surface area (TPSA) is 37.9 Å². The van der Waals surface area contributed by atoms with Gasteiger partial charge in [-0.15, -0.1) is 0 Å². The molecule has 3 heteroatoms. The van der Waals surface area contributed by atoms with Crippen molar-refractivity contribution in [3.63, 3.8) is 0 Å². The van der Waals surface area contributed by atoms with Crippen molar-refractivity contribution < 1.29 is 4.42 Å². The van der Waals surface area contributed by atoms with E-state index in [4.69, 9.17) is 14.4 Å². The molecule has 4 aromatic rings. The van der Waals surface area contributed by atoms with Crippen LogP contribution in [-0.4, -0.2) is 17.5 Å². The number of nitrogens with zero attached hydrogens (tertiary/aromatic N) is 2. The predicted octanol–water partition coefficient (Wildman–Crippen LogP) is 7.86. The van der Waals surface area contributed by atoms with E-state index in [1.165, 1.54) is 22.3 Å². The molecule has 2 aliphatic rings. The number of para-hydroxylation sites is 1. The van der Waals surface area contributed by atoms with E-state index in [1.54, 1.807) is 0 Å². The SMILES string of the molecule is C=CC1=NC2CC(=C)/N=C(/C=C)c3c(cc4oc5ccccc5c4c3C)CCC2c2ccccc21. The lowest BCUT2D eigenvalue weighted by Gasteiger charge is -2.32. The van der Waals surface area contributed by atoms with Gasteiger partial charge in [-0.2, -0.15) is 0 Å². The van der Waals surface area contributed by atoms with E-state index in [0.717, 1.165) is 57.5 Å². The number of hydrogen-bond donors (Lipinski definition) is 0. The van der Waals surface area contributed by atoms with Gasteiger partial charge in [0.05, 0.1) is 17.5 Å². The van der Waals surface area contributed by atoms with Gasteiger partial charge < -0.3 is 4.42 Å². The van der Waals surface area contributed by atoms with Crippen molar-refractivity contribution in [2.24, 2.45) is 9.98 Å². The molecule has 2 unspecified atom stereocenters. The summed E-state index contributed by atoms with van der Waals surface area (Å²) in [6, 6.07) is 19.1. The van der Waals surface area contributed by atoms with E-state index < -0.39 is 0 Å². The fourth-order valence-electron chi connectivity index (χ4n) is 5.97. The summed E-state index contributed by atoms with van der Waals surface area (Å²) < 4.78 is 6.29. The Kier molecular flexibility index (Phi) is 5.14. The monoisotopic (exact) mass is 456 g/mol. The molecule has 0 spiro atoms. The van der Waals surface area contributed by atoms with Crippen molar-refractivity contribution in [3.8, 4) is 0 Å². The Morgan fingerprint density at radius 1 is 0.971 bits per heavy atom. The molecule has 3 heterocycles. The molecule has 35 heavy (non-hydrogen) atoms. The van der Waals surface area contributed by atoms with Gasteiger partial charge >= 0.3 is 0 Å². The molecular formula is C32H28N2O. The van der Waals surface area contributed by atoms with Crippen LogP contribution in [0.4, 0.5) is 0 Å². The Morgan fingerprint density at radius 3 is 2.57 bits per heavy atom. The van der Waals surface area contributed by atoms with Crippen LogP contribution < -0.4 is 0 Å². The Hall–Kier alpha value is -3.98. The first-order valence-corrected chi connectivity index (χ1v) is 12.2. The quantitative estimate of drug-likeness (QED) is 0.302. The molecule has 2 atom stereocenters. The highest BCUT2D eigenvalue weighted by atomic mass is 16.3. The number of hydrogen-bond acceptors (Lipinski definition) is 3. The zero-order chi connectivity index (χ0) is 24.1. The highest BCUT2D eigenvalue weighted by molar-refractivity contribution is 6.16. The van der Waals surface area contributed by atoms with E-state index in [9.17, 15) is 0 Å². The number of benzene rings is 3. The highest BCUT2D eigenvalue weighted by Crippen LogP contribution is 2.40. The molecule has 2 aliphatic heterocycles. The first-order chi connectivity index (χ1) is 17.1. The third kappa shape index (κ3) is 3.42. The first-order valence-electron chi connectivity index (χ1n) is 12.2. The van der Waals surface area contributed by atoms with Gasteiger partial charge in [0.25, 0.3) is 0 Å². The normalized spacial score (nSPS) is 21.3. The lowest BCUT2D eigenvalue weighted by molar-refractivity contribution is 0.490. The summed E-state index contributed by atoms with van der Waals surface area (Å²) in [5, 5.41) is 2.28. The van der Waals surface area contributed by atoms with Crippen molar-refractivity contribution in [1.29, 1.82) is 0 Å². The zero-order valence-corrected chi connectivity index (χ0v) is 20.1. The fraction of sp³-hybridized carbons (Fsp3) is 0.188. The van der Waals surface area contributed by atoms with Gasteiger partial charge in [-0.25, -0.2) is 0 Å². The molecule has 0 bridgehead atoms. The van der Waals surface area contributed by atoms with Gasteiger partial charge in [-0.1, -0.05) is 62.2 Å². The van der Waals surface area contributed by atoms with Crippen LogP contribution in [0.3, 0.4) is 0 Å². The molecule has 172 valence electrons. The third-order valence-corrected chi connectivity index (χ3v) is 7.50. The maximum atomic E-state index is 6.29. The standard InChI is InChI=1S/C32H28N2O/c1-5-26-23-12-8-7-11-22(23)24-16-15-21-18-30-32(25-13-9-10-14-29(25)35-30)20(4)31(21)27(6-2)33-19(3)17-28(24)34-26/h5-14,18,24,28H,1-3,15-17H2,4H3/b33-27-. The Morgan fingerprint density at radius 2 is 1.74 bits per heavy atom. The molecule has 0 saturated carbocycles. The predicted molar refractivity (Wildman–Crippen MR) is 147 cm³/mol. The summed E-state index contributed by atoms with van der Waals surface area (Å²) in [7, 11) is 0. The molecule has 3 aromatic carbocycles. The van der Waals surface area contributed by atoms with Gasteiger partial charge in [0, 0.05) is 39.9 Å². The average molecular weight is 457 g/mol.